The first-order chi connectivity index (χ1) is 9.42. The van der Waals surface area contributed by atoms with Crippen molar-refractivity contribution >= 4 is 28.1 Å². The zero-order chi connectivity index (χ0) is 12.7. The number of hydrogen-bond donors (Lipinski definition) is 1. The third-order valence-corrected chi connectivity index (χ3v) is 3.98. The van der Waals surface area contributed by atoms with Gasteiger partial charge < -0.3 is 9.73 Å². The molecular weight excluding hydrogens is 256 g/mol. The fourth-order valence-electron chi connectivity index (χ4n) is 2.41. The molecule has 3 heterocycles. The molecule has 94 valence electrons. The van der Waals surface area contributed by atoms with E-state index in [0.717, 1.165) is 35.7 Å². The normalized spacial score (nSPS) is 14.6. The predicted octanol–water partition coefficient (Wildman–Crippen LogP) is 3.51. The van der Waals surface area contributed by atoms with Gasteiger partial charge in [0.1, 0.15) is 5.58 Å². The number of thiophene rings is 1. The average Bonchev–Trinajstić information content (AvgIpc) is 3.18. The summed E-state index contributed by atoms with van der Waals surface area (Å²) in [7, 11) is 0. The Morgan fingerprint density at radius 3 is 3.05 bits per heavy atom. The van der Waals surface area contributed by atoms with Crippen molar-refractivity contribution in [1.82, 2.24) is 5.32 Å². The number of hydrogen-bond acceptors (Lipinski definition) is 4. The van der Waals surface area contributed by atoms with Gasteiger partial charge in [-0.25, -0.2) is 0 Å². The van der Waals surface area contributed by atoms with E-state index in [2.05, 4.69) is 39.3 Å². The van der Waals surface area contributed by atoms with Crippen LogP contribution in [0.1, 0.15) is 5.76 Å². The van der Waals surface area contributed by atoms with Crippen LogP contribution in [0.2, 0.25) is 0 Å². The zero-order valence-corrected chi connectivity index (χ0v) is 11.0. The van der Waals surface area contributed by atoms with Gasteiger partial charge in [-0.15, -0.1) is 0 Å². The minimum absolute atomic E-state index is 0.823. The van der Waals surface area contributed by atoms with E-state index in [9.17, 15) is 0 Å². The average molecular weight is 268 g/mol. The Labute approximate surface area is 114 Å². The van der Waals surface area contributed by atoms with Gasteiger partial charge in [-0.3, -0.25) is 4.99 Å². The van der Waals surface area contributed by atoms with E-state index in [1.807, 2.05) is 12.1 Å². The molecule has 0 saturated heterocycles. The Kier molecular flexibility index (Phi) is 2.42. The maximum absolute atomic E-state index is 5.90. The maximum Gasteiger partial charge on any atom is 0.170 e. The first-order valence-electron chi connectivity index (χ1n) is 6.26. The van der Waals surface area contributed by atoms with Crippen LogP contribution >= 0.6 is 11.3 Å². The zero-order valence-electron chi connectivity index (χ0n) is 10.2. The Hall–Kier alpha value is -2.07. The standard InChI is InChI=1S/C15H12N2OS/c1-2-11(10-4-7-19-9-10)12-8-14(18-13(12)3-1)15-16-5-6-17-15/h1-4,7-9H,5-6H2,(H,16,17). The largest absolute Gasteiger partial charge is 0.453 e. The lowest BCUT2D eigenvalue weighted by Gasteiger charge is -1.98. The highest BCUT2D eigenvalue weighted by Crippen LogP contribution is 2.32. The SMILES string of the molecule is c1cc(-c2ccsc2)c2cc(C3=NCCN3)oc2c1. The summed E-state index contributed by atoms with van der Waals surface area (Å²) in [6, 6.07) is 10.4. The Balaban J connectivity index is 1.91. The highest BCUT2D eigenvalue weighted by atomic mass is 32.1. The van der Waals surface area contributed by atoms with E-state index in [4.69, 9.17) is 4.42 Å². The van der Waals surface area contributed by atoms with Gasteiger partial charge in [0.2, 0.25) is 0 Å². The summed E-state index contributed by atoms with van der Waals surface area (Å²) in [5, 5.41) is 8.65. The number of aliphatic imine (C=N–C) groups is 1. The lowest BCUT2D eigenvalue weighted by Crippen LogP contribution is -2.18. The third-order valence-electron chi connectivity index (χ3n) is 3.30. The smallest absolute Gasteiger partial charge is 0.170 e. The van der Waals surface area contributed by atoms with E-state index < -0.39 is 0 Å². The van der Waals surface area contributed by atoms with E-state index >= 15 is 0 Å². The molecule has 0 fully saturated rings. The Morgan fingerprint density at radius 1 is 1.26 bits per heavy atom. The monoisotopic (exact) mass is 268 g/mol. The lowest BCUT2D eigenvalue weighted by atomic mass is 10.0. The second-order valence-electron chi connectivity index (χ2n) is 4.50. The van der Waals surface area contributed by atoms with Crippen molar-refractivity contribution in [3.63, 3.8) is 0 Å². The summed E-state index contributed by atoms with van der Waals surface area (Å²) in [6.45, 7) is 1.72. The molecule has 1 aliphatic rings. The Bertz CT molecular complexity index is 756. The molecule has 0 saturated carbocycles. The fraction of sp³-hybridized carbons (Fsp3) is 0.133. The first-order valence-corrected chi connectivity index (χ1v) is 7.20. The van der Waals surface area contributed by atoms with Crippen LogP contribution in [-0.4, -0.2) is 18.9 Å². The van der Waals surface area contributed by atoms with Gasteiger partial charge in [-0.05, 0) is 40.1 Å². The quantitative estimate of drug-likeness (QED) is 0.772. The van der Waals surface area contributed by atoms with Gasteiger partial charge in [0.15, 0.2) is 11.6 Å². The minimum Gasteiger partial charge on any atom is -0.453 e. The topological polar surface area (TPSA) is 37.5 Å². The highest BCUT2D eigenvalue weighted by Gasteiger charge is 2.15. The van der Waals surface area contributed by atoms with Crippen LogP contribution in [0, 0.1) is 0 Å². The molecule has 0 atom stereocenters. The molecule has 2 aromatic heterocycles. The Morgan fingerprint density at radius 2 is 2.26 bits per heavy atom. The predicted molar refractivity (Wildman–Crippen MR) is 78.9 cm³/mol. The fourth-order valence-corrected chi connectivity index (χ4v) is 3.07. The number of nitrogens with one attached hydrogen (secondary N) is 1. The molecule has 0 spiro atoms. The minimum atomic E-state index is 0.823. The third kappa shape index (κ3) is 1.76. The molecule has 1 N–H and O–H groups in total. The van der Waals surface area contributed by atoms with Gasteiger partial charge in [0.05, 0.1) is 6.54 Å². The number of rotatable bonds is 2. The van der Waals surface area contributed by atoms with Crippen molar-refractivity contribution in [3.05, 3.63) is 46.9 Å². The molecule has 0 unspecified atom stereocenters. The number of nitrogens with zero attached hydrogens (tertiary/aromatic N) is 1. The molecule has 1 aromatic carbocycles. The molecule has 4 heteroatoms. The molecular formula is C15H12N2OS. The molecule has 0 amide bonds. The number of amidine groups is 1. The second kappa shape index (κ2) is 4.24. The van der Waals surface area contributed by atoms with Crippen molar-refractivity contribution in [2.45, 2.75) is 0 Å². The van der Waals surface area contributed by atoms with Gasteiger partial charge in [-0.2, -0.15) is 11.3 Å². The van der Waals surface area contributed by atoms with Crippen molar-refractivity contribution in [2.24, 2.45) is 4.99 Å². The number of fused-ring (bicyclic) bond motifs is 1. The van der Waals surface area contributed by atoms with Crippen LogP contribution in [-0.2, 0) is 0 Å². The van der Waals surface area contributed by atoms with Gasteiger partial charge in [0.25, 0.3) is 0 Å². The van der Waals surface area contributed by atoms with Gasteiger partial charge >= 0.3 is 0 Å². The van der Waals surface area contributed by atoms with Crippen LogP contribution in [0.3, 0.4) is 0 Å². The van der Waals surface area contributed by atoms with Gasteiger partial charge in [0, 0.05) is 11.9 Å². The van der Waals surface area contributed by atoms with Crippen molar-refractivity contribution in [2.75, 3.05) is 13.1 Å². The van der Waals surface area contributed by atoms with E-state index in [0.29, 0.717) is 0 Å². The molecule has 4 rings (SSSR count). The summed E-state index contributed by atoms with van der Waals surface area (Å²) in [5.74, 6) is 1.70. The number of furan rings is 1. The molecule has 0 radical (unpaired) electrons. The highest BCUT2D eigenvalue weighted by molar-refractivity contribution is 7.08. The first kappa shape index (κ1) is 10.8. The summed E-state index contributed by atoms with van der Waals surface area (Å²) >= 11 is 1.71. The molecule has 19 heavy (non-hydrogen) atoms. The van der Waals surface area contributed by atoms with Crippen LogP contribution in [0.25, 0.3) is 22.1 Å². The van der Waals surface area contributed by atoms with Gasteiger partial charge in [-0.1, -0.05) is 12.1 Å². The summed E-state index contributed by atoms with van der Waals surface area (Å²) in [6.07, 6.45) is 0. The summed E-state index contributed by atoms with van der Waals surface area (Å²) in [5.41, 5.74) is 3.37. The van der Waals surface area contributed by atoms with Crippen molar-refractivity contribution in [1.29, 1.82) is 0 Å². The molecule has 0 aliphatic carbocycles. The van der Waals surface area contributed by atoms with Crippen molar-refractivity contribution < 1.29 is 4.42 Å². The maximum atomic E-state index is 5.90. The molecule has 3 nitrogen and oxygen atoms in total. The van der Waals surface area contributed by atoms with E-state index in [1.165, 1.54) is 11.1 Å². The lowest BCUT2D eigenvalue weighted by molar-refractivity contribution is 0.602. The molecule has 3 aromatic rings. The van der Waals surface area contributed by atoms with E-state index in [1.54, 1.807) is 11.3 Å². The van der Waals surface area contributed by atoms with Crippen LogP contribution in [0.5, 0.6) is 0 Å². The molecule has 0 bridgehead atoms. The second-order valence-corrected chi connectivity index (χ2v) is 5.28. The summed E-state index contributed by atoms with van der Waals surface area (Å²) < 4.78 is 5.90. The van der Waals surface area contributed by atoms with Crippen molar-refractivity contribution in [3.8, 4) is 11.1 Å². The van der Waals surface area contributed by atoms with Crippen LogP contribution in [0.15, 0.2) is 50.5 Å². The van der Waals surface area contributed by atoms with Crippen LogP contribution < -0.4 is 5.32 Å². The summed E-state index contributed by atoms with van der Waals surface area (Å²) in [4.78, 5) is 4.41. The van der Waals surface area contributed by atoms with E-state index in [-0.39, 0.29) is 0 Å². The number of benzene rings is 1. The van der Waals surface area contributed by atoms with Crippen LogP contribution in [0.4, 0.5) is 0 Å². The molecule has 1 aliphatic heterocycles.